The normalized spacial score (nSPS) is 12.3. The van der Waals surface area contributed by atoms with Crippen molar-refractivity contribution in [2.45, 2.75) is 89.2 Å². The first-order chi connectivity index (χ1) is 12.5. The van der Waals surface area contributed by atoms with Gasteiger partial charge in [0.05, 0.1) is 18.2 Å². The van der Waals surface area contributed by atoms with Crippen molar-refractivity contribution in [1.82, 2.24) is 4.31 Å². The fraction of sp³-hybridized carbons (Fsp3) is 0.842. The van der Waals surface area contributed by atoms with E-state index in [0.717, 1.165) is 32.1 Å². The number of rotatable bonds is 16. The second kappa shape index (κ2) is 15.6. The van der Waals surface area contributed by atoms with Crippen LogP contribution < -0.4 is 0 Å². The minimum atomic E-state index is -3.67. The lowest BCUT2D eigenvalue weighted by molar-refractivity contribution is 0.386. The SMILES string of the molecule is CCCCCCCC(C#N)S(=O)(=O)N(CCCCC#N)CCCCC#N. The van der Waals surface area contributed by atoms with E-state index in [2.05, 4.69) is 19.1 Å². The van der Waals surface area contributed by atoms with Crippen molar-refractivity contribution in [3.8, 4) is 18.2 Å². The molecule has 0 saturated carbocycles. The molecule has 0 spiro atoms. The van der Waals surface area contributed by atoms with Gasteiger partial charge < -0.3 is 0 Å². The van der Waals surface area contributed by atoms with E-state index < -0.39 is 15.3 Å². The smallest absolute Gasteiger partial charge is 0.211 e. The van der Waals surface area contributed by atoms with E-state index in [-0.39, 0.29) is 0 Å². The van der Waals surface area contributed by atoms with Crippen LogP contribution in [0.2, 0.25) is 0 Å². The molecule has 0 aliphatic heterocycles. The van der Waals surface area contributed by atoms with Crippen LogP contribution in [0.5, 0.6) is 0 Å². The van der Waals surface area contributed by atoms with E-state index >= 15 is 0 Å². The first-order valence-electron chi connectivity index (χ1n) is 9.67. The molecule has 0 aliphatic carbocycles. The summed E-state index contributed by atoms with van der Waals surface area (Å²) in [7, 11) is -3.67. The Bertz CT molecular complexity index is 562. The highest BCUT2D eigenvalue weighted by Gasteiger charge is 2.31. The van der Waals surface area contributed by atoms with Crippen LogP contribution in [0, 0.1) is 34.0 Å². The summed E-state index contributed by atoms with van der Waals surface area (Å²) in [6, 6.07) is 6.11. The number of hydrogen-bond donors (Lipinski definition) is 0. The zero-order chi connectivity index (χ0) is 19.7. The summed E-state index contributed by atoms with van der Waals surface area (Å²) < 4.78 is 27.2. The maximum absolute atomic E-state index is 12.9. The average molecular weight is 381 g/mol. The van der Waals surface area contributed by atoms with Crippen molar-refractivity contribution in [2.24, 2.45) is 0 Å². The van der Waals surface area contributed by atoms with Gasteiger partial charge in [-0.3, -0.25) is 0 Å². The van der Waals surface area contributed by atoms with Crippen molar-refractivity contribution in [2.75, 3.05) is 13.1 Å². The summed E-state index contributed by atoms with van der Waals surface area (Å²) in [5.41, 5.74) is 0. The van der Waals surface area contributed by atoms with Gasteiger partial charge in [0, 0.05) is 25.9 Å². The molecule has 7 heteroatoms. The van der Waals surface area contributed by atoms with E-state index in [1.807, 2.05) is 6.07 Å². The van der Waals surface area contributed by atoms with E-state index in [1.54, 1.807) is 0 Å². The van der Waals surface area contributed by atoms with Gasteiger partial charge in [-0.25, -0.2) is 12.7 Å². The fourth-order valence-corrected chi connectivity index (χ4v) is 4.47. The minimum Gasteiger partial charge on any atom is -0.211 e. The van der Waals surface area contributed by atoms with Crippen molar-refractivity contribution in [1.29, 1.82) is 15.8 Å². The van der Waals surface area contributed by atoms with Crippen LogP contribution >= 0.6 is 0 Å². The van der Waals surface area contributed by atoms with Gasteiger partial charge in [-0.15, -0.1) is 0 Å². The van der Waals surface area contributed by atoms with Crippen molar-refractivity contribution < 1.29 is 8.42 Å². The topological polar surface area (TPSA) is 109 Å². The van der Waals surface area contributed by atoms with E-state index in [0.29, 0.717) is 58.0 Å². The van der Waals surface area contributed by atoms with Gasteiger partial charge in [0.25, 0.3) is 0 Å². The minimum absolute atomic E-state index is 0.338. The Kier molecular flexibility index (Phi) is 14.6. The third-order valence-electron chi connectivity index (χ3n) is 4.33. The second-order valence-electron chi connectivity index (χ2n) is 6.50. The standard InChI is InChI=1S/C19H32N4O2S/c1-2-3-4-5-8-13-19(18-22)26(24,25)23(16-11-6-9-14-20)17-12-7-10-15-21/h19H,2-13,16-17H2,1H3. The van der Waals surface area contributed by atoms with Gasteiger partial charge in [-0.1, -0.05) is 39.0 Å². The number of nitriles is 3. The highest BCUT2D eigenvalue weighted by Crippen LogP contribution is 2.18. The largest absolute Gasteiger partial charge is 0.230 e. The molecule has 0 saturated heterocycles. The second-order valence-corrected chi connectivity index (χ2v) is 8.61. The number of sulfonamides is 1. The van der Waals surface area contributed by atoms with Crippen LogP contribution in [-0.4, -0.2) is 31.1 Å². The summed E-state index contributed by atoms with van der Waals surface area (Å²) in [5.74, 6) is 0. The lowest BCUT2D eigenvalue weighted by Crippen LogP contribution is -2.39. The third-order valence-corrected chi connectivity index (χ3v) is 6.47. The van der Waals surface area contributed by atoms with Crippen LogP contribution in [0.3, 0.4) is 0 Å². The average Bonchev–Trinajstić information content (AvgIpc) is 2.63. The Morgan fingerprint density at radius 1 is 0.808 bits per heavy atom. The lowest BCUT2D eigenvalue weighted by Gasteiger charge is -2.24. The fourth-order valence-electron chi connectivity index (χ4n) is 2.74. The number of hydrogen-bond acceptors (Lipinski definition) is 5. The molecule has 0 radical (unpaired) electrons. The predicted octanol–water partition coefficient (Wildman–Crippen LogP) is 4.26. The molecule has 0 rings (SSSR count). The van der Waals surface area contributed by atoms with Gasteiger partial charge in [-0.2, -0.15) is 15.8 Å². The molecule has 146 valence electrons. The van der Waals surface area contributed by atoms with Crippen molar-refractivity contribution in [3.63, 3.8) is 0 Å². The summed E-state index contributed by atoms with van der Waals surface area (Å²) >= 11 is 0. The molecule has 0 fully saturated rings. The van der Waals surface area contributed by atoms with Gasteiger partial charge in [0.15, 0.2) is 5.25 Å². The highest BCUT2D eigenvalue weighted by atomic mass is 32.2. The van der Waals surface area contributed by atoms with Crippen LogP contribution in [0.25, 0.3) is 0 Å². The Balaban J connectivity index is 4.80. The summed E-state index contributed by atoms with van der Waals surface area (Å²) in [6.45, 7) is 2.80. The van der Waals surface area contributed by atoms with Gasteiger partial charge >= 0.3 is 0 Å². The summed E-state index contributed by atoms with van der Waals surface area (Å²) in [6.07, 6.45) is 8.72. The van der Waals surface area contributed by atoms with Gasteiger partial charge in [0.1, 0.15) is 0 Å². The molecule has 0 aromatic heterocycles. The zero-order valence-electron chi connectivity index (χ0n) is 16.0. The van der Waals surface area contributed by atoms with Crippen LogP contribution in [0.1, 0.15) is 84.0 Å². The number of nitrogens with zero attached hydrogens (tertiary/aromatic N) is 4. The molecule has 0 aliphatic rings. The van der Waals surface area contributed by atoms with Gasteiger partial charge in [0.2, 0.25) is 10.0 Å². The molecule has 0 N–H and O–H groups in total. The number of unbranched alkanes of at least 4 members (excludes halogenated alkanes) is 8. The third kappa shape index (κ3) is 10.4. The molecule has 1 unspecified atom stereocenters. The molecular weight excluding hydrogens is 348 g/mol. The molecule has 6 nitrogen and oxygen atoms in total. The van der Waals surface area contributed by atoms with Crippen LogP contribution in [0.15, 0.2) is 0 Å². The Hall–Kier alpha value is -1.62. The molecule has 0 amide bonds. The maximum atomic E-state index is 12.9. The van der Waals surface area contributed by atoms with Crippen molar-refractivity contribution >= 4 is 10.0 Å². The maximum Gasteiger partial charge on any atom is 0.230 e. The molecular formula is C19H32N4O2S. The predicted molar refractivity (Wildman–Crippen MR) is 102 cm³/mol. The molecule has 0 heterocycles. The first kappa shape index (κ1) is 24.4. The Morgan fingerprint density at radius 3 is 1.81 bits per heavy atom. The first-order valence-corrected chi connectivity index (χ1v) is 11.2. The zero-order valence-corrected chi connectivity index (χ0v) is 16.8. The van der Waals surface area contributed by atoms with Gasteiger partial charge in [-0.05, 0) is 32.1 Å². The van der Waals surface area contributed by atoms with Crippen LogP contribution in [0.4, 0.5) is 0 Å². The molecule has 26 heavy (non-hydrogen) atoms. The molecule has 1 atom stereocenters. The van der Waals surface area contributed by atoms with Crippen molar-refractivity contribution in [3.05, 3.63) is 0 Å². The molecule has 0 aromatic rings. The quantitative estimate of drug-likeness (QED) is 0.372. The monoisotopic (exact) mass is 380 g/mol. The lowest BCUT2D eigenvalue weighted by atomic mass is 10.1. The highest BCUT2D eigenvalue weighted by molar-refractivity contribution is 7.90. The van der Waals surface area contributed by atoms with E-state index in [9.17, 15) is 13.7 Å². The summed E-state index contributed by atoms with van der Waals surface area (Å²) in [5, 5.41) is 25.6. The summed E-state index contributed by atoms with van der Waals surface area (Å²) in [4.78, 5) is 0. The van der Waals surface area contributed by atoms with E-state index in [4.69, 9.17) is 10.5 Å². The van der Waals surface area contributed by atoms with E-state index in [1.165, 1.54) is 4.31 Å². The Labute approximate surface area is 159 Å². The van der Waals surface area contributed by atoms with Crippen LogP contribution in [-0.2, 0) is 10.0 Å². The molecule has 0 aromatic carbocycles. The Morgan fingerprint density at radius 2 is 1.35 bits per heavy atom. The molecule has 0 bridgehead atoms.